The van der Waals surface area contributed by atoms with Gasteiger partial charge in [-0.15, -0.1) is 0 Å². The van der Waals surface area contributed by atoms with Gasteiger partial charge in [0.05, 0.1) is 12.3 Å². The molecule has 0 aliphatic carbocycles. The predicted molar refractivity (Wildman–Crippen MR) is 52.7 cm³/mol. The maximum atomic E-state index is 8.76. The molecule has 0 atom stereocenters. The molecule has 1 rings (SSSR count). The lowest BCUT2D eigenvalue weighted by Gasteiger charge is -1.96. The van der Waals surface area contributed by atoms with E-state index in [-0.39, 0.29) is 6.61 Å². The van der Waals surface area contributed by atoms with Crippen LogP contribution in [-0.2, 0) is 0 Å². The third kappa shape index (κ3) is 2.75. The molecule has 0 saturated carbocycles. The number of aliphatic hydroxyl groups is 1. The molecule has 0 radical (unpaired) electrons. The molecule has 0 aliphatic heterocycles. The zero-order valence-electron chi connectivity index (χ0n) is 6.79. The maximum Gasteiger partial charge on any atom is 0.0642 e. The molecular weight excluding hydrogens is 218 g/mol. The Labute approximate surface area is 80.1 Å². The highest BCUT2D eigenvalue weighted by Crippen LogP contribution is 2.11. The van der Waals surface area contributed by atoms with Crippen LogP contribution in [0.3, 0.4) is 0 Å². The molecule has 0 bridgehead atoms. The van der Waals surface area contributed by atoms with Crippen LogP contribution in [0.1, 0.15) is 12.6 Å². The number of aliphatic hydroxyl groups excluding tert-OH is 1. The van der Waals surface area contributed by atoms with Crippen LogP contribution in [0.5, 0.6) is 0 Å². The monoisotopic (exact) mass is 227 g/mol. The second-order valence-corrected chi connectivity index (χ2v) is 3.46. The maximum absolute atomic E-state index is 8.76. The van der Waals surface area contributed by atoms with E-state index in [0.29, 0.717) is 0 Å². The number of halogens is 1. The zero-order chi connectivity index (χ0) is 8.97. The summed E-state index contributed by atoms with van der Waals surface area (Å²) in [6.45, 7) is 1.94. The first-order valence-electron chi connectivity index (χ1n) is 3.62. The van der Waals surface area contributed by atoms with Crippen LogP contribution in [0, 0.1) is 0 Å². The summed E-state index contributed by atoms with van der Waals surface area (Å²) in [4.78, 5) is 4.11. The average molecular weight is 228 g/mol. The first-order chi connectivity index (χ1) is 5.72. The van der Waals surface area contributed by atoms with E-state index in [4.69, 9.17) is 5.11 Å². The van der Waals surface area contributed by atoms with Gasteiger partial charge in [0, 0.05) is 10.7 Å². The normalized spacial score (nSPS) is 11.8. The molecule has 3 heteroatoms. The van der Waals surface area contributed by atoms with Gasteiger partial charge in [-0.1, -0.05) is 15.9 Å². The Kier molecular flexibility index (Phi) is 3.44. The minimum absolute atomic E-state index is 0.0776. The second kappa shape index (κ2) is 4.38. The van der Waals surface area contributed by atoms with Crippen molar-refractivity contribution in [2.75, 3.05) is 6.61 Å². The Hall–Kier alpha value is -0.670. The summed E-state index contributed by atoms with van der Waals surface area (Å²) < 4.78 is 0.995. The van der Waals surface area contributed by atoms with Crippen molar-refractivity contribution in [3.8, 4) is 0 Å². The van der Waals surface area contributed by atoms with Crippen LogP contribution in [0.25, 0.3) is 6.08 Å². The molecule has 0 aromatic carbocycles. The smallest absolute Gasteiger partial charge is 0.0642 e. The van der Waals surface area contributed by atoms with Crippen molar-refractivity contribution in [2.24, 2.45) is 0 Å². The molecule has 64 valence electrons. The van der Waals surface area contributed by atoms with Crippen molar-refractivity contribution >= 4 is 22.0 Å². The summed E-state index contributed by atoms with van der Waals surface area (Å²) >= 11 is 3.34. The molecule has 0 amide bonds. The minimum atomic E-state index is 0.0776. The van der Waals surface area contributed by atoms with Crippen molar-refractivity contribution < 1.29 is 5.11 Å². The molecule has 0 fully saturated rings. The molecule has 2 nitrogen and oxygen atoms in total. The highest BCUT2D eigenvalue weighted by atomic mass is 79.9. The zero-order valence-corrected chi connectivity index (χ0v) is 8.37. The summed E-state index contributed by atoms with van der Waals surface area (Å²) in [5.74, 6) is 0. The fraction of sp³-hybridized carbons (Fsp3) is 0.222. The van der Waals surface area contributed by atoms with Crippen molar-refractivity contribution in [2.45, 2.75) is 6.92 Å². The van der Waals surface area contributed by atoms with E-state index in [9.17, 15) is 0 Å². The van der Waals surface area contributed by atoms with E-state index < -0.39 is 0 Å². The van der Waals surface area contributed by atoms with E-state index in [1.807, 2.05) is 25.1 Å². The lowest BCUT2D eigenvalue weighted by atomic mass is 10.2. The van der Waals surface area contributed by atoms with E-state index in [1.165, 1.54) is 0 Å². The van der Waals surface area contributed by atoms with Crippen molar-refractivity contribution in [3.05, 3.63) is 34.1 Å². The lowest BCUT2D eigenvalue weighted by molar-refractivity contribution is 0.332. The number of hydrogen-bond acceptors (Lipinski definition) is 2. The quantitative estimate of drug-likeness (QED) is 0.841. The average Bonchev–Trinajstić information content (AvgIpc) is 2.04. The lowest BCUT2D eigenvalue weighted by Crippen LogP contribution is -1.85. The van der Waals surface area contributed by atoms with Gasteiger partial charge in [-0.05, 0) is 30.7 Å². The highest BCUT2D eigenvalue weighted by molar-refractivity contribution is 9.10. The molecule has 12 heavy (non-hydrogen) atoms. The molecule has 1 N–H and O–H groups in total. The van der Waals surface area contributed by atoms with Crippen LogP contribution in [0.4, 0.5) is 0 Å². The fourth-order valence-electron chi connectivity index (χ4n) is 0.798. The van der Waals surface area contributed by atoms with Gasteiger partial charge >= 0.3 is 0 Å². The molecule has 0 saturated heterocycles. The van der Waals surface area contributed by atoms with Crippen LogP contribution in [0.2, 0.25) is 0 Å². The van der Waals surface area contributed by atoms with Gasteiger partial charge in [0.15, 0.2) is 0 Å². The van der Waals surface area contributed by atoms with E-state index in [0.717, 1.165) is 15.7 Å². The summed E-state index contributed by atoms with van der Waals surface area (Å²) in [6, 6.07) is 3.77. The number of pyridine rings is 1. The molecule has 1 heterocycles. The van der Waals surface area contributed by atoms with Crippen molar-refractivity contribution in [1.29, 1.82) is 0 Å². The molecule has 1 aromatic heterocycles. The van der Waals surface area contributed by atoms with Gasteiger partial charge in [0.1, 0.15) is 0 Å². The first-order valence-corrected chi connectivity index (χ1v) is 4.41. The SMILES string of the molecule is C/C(=C\c1cc(Br)ccn1)CO. The van der Waals surface area contributed by atoms with Crippen LogP contribution < -0.4 is 0 Å². The number of nitrogens with zero attached hydrogens (tertiary/aromatic N) is 1. The van der Waals surface area contributed by atoms with Gasteiger partial charge in [0.2, 0.25) is 0 Å². The Morgan fingerprint density at radius 2 is 2.50 bits per heavy atom. The fourth-order valence-corrected chi connectivity index (χ4v) is 1.15. The van der Waals surface area contributed by atoms with Gasteiger partial charge in [0.25, 0.3) is 0 Å². The van der Waals surface area contributed by atoms with E-state index >= 15 is 0 Å². The Morgan fingerprint density at radius 3 is 3.08 bits per heavy atom. The van der Waals surface area contributed by atoms with Crippen LogP contribution >= 0.6 is 15.9 Å². The molecule has 0 spiro atoms. The van der Waals surface area contributed by atoms with Crippen LogP contribution in [-0.4, -0.2) is 16.7 Å². The van der Waals surface area contributed by atoms with Gasteiger partial charge < -0.3 is 5.11 Å². The third-order valence-electron chi connectivity index (χ3n) is 1.39. The van der Waals surface area contributed by atoms with Gasteiger partial charge in [-0.2, -0.15) is 0 Å². The van der Waals surface area contributed by atoms with Crippen molar-refractivity contribution in [3.63, 3.8) is 0 Å². The summed E-state index contributed by atoms with van der Waals surface area (Å²) in [5, 5.41) is 8.76. The van der Waals surface area contributed by atoms with Crippen molar-refractivity contribution in [1.82, 2.24) is 4.98 Å². The van der Waals surface area contributed by atoms with Gasteiger partial charge in [-0.25, -0.2) is 0 Å². The predicted octanol–water partition coefficient (Wildman–Crippen LogP) is 2.24. The second-order valence-electron chi connectivity index (χ2n) is 2.55. The summed E-state index contributed by atoms with van der Waals surface area (Å²) in [5.41, 5.74) is 1.76. The third-order valence-corrected chi connectivity index (χ3v) is 1.88. The van der Waals surface area contributed by atoms with E-state index in [1.54, 1.807) is 6.20 Å². The molecular formula is C9H10BrNO. The summed E-state index contributed by atoms with van der Waals surface area (Å²) in [6.07, 6.45) is 3.57. The highest BCUT2D eigenvalue weighted by Gasteiger charge is 1.91. The standard InChI is InChI=1S/C9H10BrNO/c1-7(6-12)4-9-5-8(10)2-3-11-9/h2-5,12H,6H2,1H3/b7-4+. The number of rotatable bonds is 2. The first kappa shape index (κ1) is 9.42. The topological polar surface area (TPSA) is 33.1 Å². The number of hydrogen-bond donors (Lipinski definition) is 1. The largest absolute Gasteiger partial charge is 0.392 e. The Bertz CT molecular complexity index is 296. The summed E-state index contributed by atoms with van der Waals surface area (Å²) in [7, 11) is 0. The molecule has 0 aliphatic rings. The number of aromatic nitrogens is 1. The van der Waals surface area contributed by atoms with E-state index in [2.05, 4.69) is 20.9 Å². The van der Waals surface area contributed by atoms with Crippen LogP contribution in [0.15, 0.2) is 28.4 Å². The molecule has 0 unspecified atom stereocenters. The Morgan fingerprint density at radius 1 is 1.75 bits per heavy atom. The van der Waals surface area contributed by atoms with Gasteiger partial charge in [-0.3, -0.25) is 4.98 Å². The minimum Gasteiger partial charge on any atom is -0.392 e. The Balaban J connectivity index is 2.89. The molecule has 1 aromatic rings.